The molecule has 0 bridgehead atoms. The van der Waals surface area contributed by atoms with E-state index < -0.39 is 12.2 Å². The normalized spacial score (nSPS) is 20.3. The first-order chi connectivity index (χ1) is 11.2. The van der Waals surface area contributed by atoms with Crippen LogP contribution in [0.1, 0.15) is 11.9 Å². The van der Waals surface area contributed by atoms with Crippen molar-refractivity contribution in [2.24, 2.45) is 16.1 Å². The van der Waals surface area contributed by atoms with Gasteiger partial charge in [0.05, 0.1) is 10.6 Å². The number of halogens is 1. The molecule has 2 N–H and O–H groups in total. The molecule has 7 nitrogen and oxygen atoms in total. The molecule has 1 aliphatic rings. The van der Waals surface area contributed by atoms with Crippen LogP contribution in [0.15, 0.2) is 56.6 Å². The number of anilines is 1. The highest BCUT2D eigenvalue weighted by Gasteiger charge is 2.36. The number of benzene rings is 1. The van der Waals surface area contributed by atoms with Gasteiger partial charge in [-0.1, -0.05) is 22.5 Å². The van der Waals surface area contributed by atoms with Gasteiger partial charge in [-0.25, -0.2) is 9.40 Å². The molecule has 9 heteroatoms. The highest BCUT2D eigenvalue weighted by molar-refractivity contribution is 7.13. The lowest BCUT2D eigenvalue weighted by Gasteiger charge is -2.20. The van der Waals surface area contributed by atoms with Gasteiger partial charge in [-0.3, -0.25) is 0 Å². The zero-order chi connectivity index (χ0) is 15.8. The summed E-state index contributed by atoms with van der Waals surface area (Å²) in [5.74, 6) is 0.399. The number of nitrogens with two attached hydrogens (primary N) is 1. The summed E-state index contributed by atoms with van der Waals surface area (Å²) in [5.41, 5.74) is 6.67. The fraction of sp³-hybridized carbons (Fsp3) is 0.143. The SMILES string of the molecule is NC1C(c2nc(-c3cccs3)no2)N=NN1c1cccc(F)c1. The Morgan fingerprint density at radius 1 is 1.26 bits per heavy atom. The summed E-state index contributed by atoms with van der Waals surface area (Å²) < 4.78 is 18.6. The molecule has 3 heterocycles. The third kappa shape index (κ3) is 2.49. The monoisotopic (exact) mass is 330 g/mol. The Labute approximate surface area is 134 Å². The second-order valence-corrected chi connectivity index (χ2v) is 5.85. The highest BCUT2D eigenvalue weighted by Crippen LogP contribution is 2.33. The van der Waals surface area contributed by atoms with Crippen LogP contribution < -0.4 is 10.7 Å². The van der Waals surface area contributed by atoms with Crippen LogP contribution in [0.25, 0.3) is 10.7 Å². The Morgan fingerprint density at radius 3 is 2.96 bits per heavy atom. The molecular weight excluding hydrogens is 319 g/mol. The van der Waals surface area contributed by atoms with Crippen LogP contribution in [0.5, 0.6) is 0 Å². The van der Waals surface area contributed by atoms with E-state index in [0.29, 0.717) is 11.5 Å². The predicted molar refractivity (Wildman–Crippen MR) is 82.1 cm³/mol. The Balaban J connectivity index is 1.59. The van der Waals surface area contributed by atoms with Gasteiger partial charge >= 0.3 is 0 Å². The molecule has 0 fully saturated rings. The van der Waals surface area contributed by atoms with Crippen molar-refractivity contribution in [1.29, 1.82) is 0 Å². The van der Waals surface area contributed by atoms with E-state index in [4.69, 9.17) is 10.3 Å². The number of hydrogen-bond acceptors (Lipinski definition) is 8. The van der Waals surface area contributed by atoms with E-state index in [0.717, 1.165) is 4.88 Å². The van der Waals surface area contributed by atoms with Gasteiger partial charge in [-0.2, -0.15) is 10.1 Å². The number of hydrogen-bond donors (Lipinski definition) is 1. The lowest BCUT2D eigenvalue weighted by atomic mass is 10.2. The van der Waals surface area contributed by atoms with E-state index in [1.807, 2.05) is 17.5 Å². The van der Waals surface area contributed by atoms with Crippen molar-refractivity contribution in [2.45, 2.75) is 12.2 Å². The van der Waals surface area contributed by atoms with Gasteiger partial charge in [0.2, 0.25) is 5.82 Å². The summed E-state index contributed by atoms with van der Waals surface area (Å²) in [6, 6.07) is 9.19. The minimum Gasteiger partial charge on any atom is -0.336 e. The molecule has 0 saturated carbocycles. The zero-order valence-electron chi connectivity index (χ0n) is 11.7. The summed E-state index contributed by atoms with van der Waals surface area (Å²) in [6.45, 7) is 0. The second kappa shape index (κ2) is 5.52. The second-order valence-electron chi connectivity index (χ2n) is 4.90. The van der Waals surface area contributed by atoms with Crippen LogP contribution in [-0.2, 0) is 0 Å². The summed E-state index contributed by atoms with van der Waals surface area (Å²) in [6.07, 6.45) is -0.645. The Bertz CT molecular complexity index is 849. The Kier molecular flexibility index (Phi) is 3.36. The lowest BCUT2D eigenvalue weighted by Crippen LogP contribution is -2.39. The van der Waals surface area contributed by atoms with Gasteiger partial charge in [-0.15, -0.1) is 11.3 Å². The fourth-order valence-corrected chi connectivity index (χ4v) is 2.92. The molecule has 0 saturated heterocycles. The molecule has 1 aromatic carbocycles. The van der Waals surface area contributed by atoms with E-state index in [9.17, 15) is 4.39 Å². The maximum atomic E-state index is 13.3. The van der Waals surface area contributed by atoms with Crippen molar-refractivity contribution in [3.63, 3.8) is 0 Å². The maximum Gasteiger partial charge on any atom is 0.257 e. The van der Waals surface area contributed by atoms with E-state index in [1.54, 1.807) is 12.1 Å². The number of thiophene rings is 1. The maximum absolute atomic E-state index is 13.3. The molecule has 4 rings (SSSR count). The van der Waals surface area contributed by atoms with Gasteiger partial charge in [-0.05, 0) is 29.6 Å². The van der Waals surface area contributed by atoms with Crippen molar-refractivity contribution in [1.82, 2.24) is 10.1 Å². The van der Waals surface area contributed by atoms with E-state index in [1.165, 1.54) is 28.5 Å². The van der Waals surface area contributed by atoms with Crippen molar-refractivity contribution in [3.8, 4) is 10.7 Å². The van der Waals surface area contributed by atoms with Gasteiger partial charge in [0.25, 0.3) is 5.89 Å². The van der Waals surface area contributed by atoms with Crippen LogP contribution in [0, 0.1) is 5.82 Å². The third-order valence-electron chi connectivity index (χ3n) is 3.39. The van der Waals surface area contributed by atoms with Crippen LogP contribution in [0.3, 0.4) is 0 Å². The van der Waals surface area contributed by atoms with E-state index in [-0.39, 0.29) is 11.7 Å². The molecule has 2 unspecified atom stereocenters. The molecule has 0 aliphatic carbocycles. The predicted octanol–water partition coefficient (Wildman–Crippen LogP) is 3.15. The largest absolute Gasteiger partial charge is 0.336 e. The fourth-order valence-electron chi connectivity index (χ4n) is 2.27. The zero-order valence-corrected chi connectivity index (χ0v) is 12.5. The first-order valence-electron chi connectivity index (χ1n) is 6.81. The molecule has 1 aliphatic heterocycles. The molecular formula is C14H11FN6OS. The first-order valence-corrected chi connectivity index (χ1v) is 7.69. The topological polar surface area (TPSA) is 92.9 Å². The van der Waals surface area contributed by atoms with Crippen LogP contribution in [-0.4, -0.2) is 16.3 Å². The van der Waals surface area contributed by atoms with Crippen LogP contribution in [0.2, 0.25) is 0 Å². The van der Waals surface area contributed by atoms with Gasteiger partial charge < -0.3 is 10.3 Å². The summed E-state index contributed by atoms with van der Waals surface area (Å²) in [7, 11) is 0. The number of nitrogens with zero attached hydrogens (tertiary/aromatic N) is 5. The third-order valence-corrected chi connectivity index (χ3v) is 4.25. The van der Waals surface area contributed by atoms with Crippen LogP contribution in [0.4, 0.5) is 10.1 Å². The molecule has 116 valence electrons. The first kappa shape index (κ1) is 14.0. The molecule has 0 amide bonds. The summed E-state index contributed by atoms with van der Waals surface area (Å²) >= 11 is 1.51. The van der Waals surface area contributed by atoms with Gasteiger partial charge in [0.1, 0.15) is 12.0 Å². The Hall–Kier alpha value is -2.65. The Morgan fingerprint density at radius 2 is 2.17 bits per heavy atom. The number of aromatic nitrogens is 2. The van der Waals surface area contributed by atoms with E-state index in [2.05, 4.69) is 20.5 Å². The summed E-state index contributed by atoms with van der Waals surface area (Å²) in [4.78, 5) is 5.22. The average Bonchev–Trinajstić information content (AvgIpc) is 3.27. The molecule has 2 atom stereocenters. The minimum atomic E-state index is -0.645. The van der Waals surface area contributed by atoms with Gasteiger partial charge in [0.15, 0.2) is 6.04 Å². The minimum absolute atomic E-state index is 0.281. The standard InChI is InChI=1S/C14H11FN6OS/c15-8-3-1-4-9(7-8)21-12(16)11(18-20-21)14-17-13(19-22-14)10-5-2-6-23-10/h1-7,11-12H,16H2. The molecule has 0 radical (unpaired) electrons. The molecule has 3 aromatic rings. The molecule has 2 aromatic heterocycles. The van der Waals surface area contributed by atoms with Crippen molar-refractivity contribution >= 4 is 17.0 Å². The quantitative estimate of drug-likeness (QED) is 0.796. The van der Waals surface area contributed by atoms with Crippen molar-refractivity contribution in [3.05, 3.63) is 53.5 Å². The average molecular weight is 330 g/mol. The summed E-state index contributed by atoms with van der Waals surface area (Å²) in [5, 5.41) is 15.4. The highest BCUT2D eigenvalue weighted by atomic mass is 32.1. The number of rotatable bonds is 3. The smallest absolute Gasteiger partial charge is 0.257 e. The van der Waals surface area contributed by atoms with E-state index >= 15 is 0 Å². The van der Waals surface area contributed by atoms with Crippen molar-refractivity contribution < 1.29 is 8.91 Å². The molecule has 23 heavy (non-hydrogen) atoms. The van der Waals surface area contributed by atoms with Crippen molar-refractivity contribution in [2.75, 3.05) is 5.01 Å². The van der Waals surface area contributed by atoms with Gasteiger partial charge in [0, 0.05) is 0 Å². The lowest BCUT2D eigenvalue weighted by molar-refractivity contribution is 0.345. The molecule has 0 spiro atoms. The van der Waals surface area contributed by atoms with Crippen LogP contribution >= 0.6 is 11.3 Å².